The fraction of sp³-hybridized carbons (Fsp3) is 0.818. The van der Waals surface area contributed by atoms with Crippen LogP contribution < -0.4 is 10.6 Å². The highest BCUT2D eigenvalue weighted by atomic mass is 19.4. The van der Waals surface area contributed by atoms with Crippen LogP contribution in [0.3, 0.4) is 0 Å². The molecule has 0 aromatic rings. The SMILES string of the molecule is CC(C)C[C@H](NC(=O)NCCCC(F)(F)F)C(=O)O. The van der Waals surface area contributed by atoms with E-state index >= 15 is 0 Å². The van der Waals surface area contributed by atoms with E-state index in [4.69, 9.17) is 5.11 Å². The lowest BCUT2D eigenvalue weighted by atomic mass is 10.0. The molecule has 8 heteroatoms. The van der Waals surface area contributed by atoms with E-state index in [0.717, 1.165) is 0 Å². The first-order chi connectivity index (χ1) is 8.61. The summed E-state index contributed by atoms with van der Waals surface area (Å²) in [5, 5.41) is 13.3. The van der Waals surface area contributed by atoms with E-state index in [1.165, 1.54) is 0 Å². The second kappa shape index (κ2) is 7.85. The standard InChI is InChI=1S/C11H19F3N2O3/c1-7(2)6-8(9(17)18)16-10(19)15-5-3-4-11(12,13)14/h7-8H,3-6H2,1-2H3,(H,17,18)(H2,15,16,19)/t8-/m0/s1. The number of carboxylic acid groups (broad SMARTS) is 1. The molecule has 2 amide bonds. The van der Waals surface area contributed by atoms with Gasteiger partial charge < -0.3 is 15.7 Å². The van der Waals surface area contributed by atoms with E-state index in [1.807, 2.05) is 0 Å². The van der Waals surface area contributed by atoms with Gasteiger partial charge in [-0.1, -0.05) is 13.8 Å². The van der Waals surface area contributed by atoms with Gasteiger partial charge in [0.25, 0.3) is 0 Å². The number of carboxylic acids is 1. The van der Waals surface area contributed by atoms with Crippen LogP contribution >= 0.6 is 0 Å². The first-order valence-corrected chi connectivity index (χ1v) is 5.95. The summed E-state index contributed by atoms with van der Waals surface area (Å²) >= 11 is 0. The van der Waals surface area contributed by atoms with Crippen LogP contribution in [0, 0.1) is 5.92 Å². The van der Waals surface area contributed by atoms with Crippen LogP contribution in [-0.2, 0) is 4.79 Å². The van der Waals surface area contributed by atoms with Gasteiger partial charge in [0.15, 0.2) is 0 Å². The van der Waals surface area contributed by atoms with Crippen molar-refractivity contribution in [1.29, 1.82) is 0 Å². The van der Waals surface area contributed by atoms with Crippen molar-refractivity contribution in [3.05, 3.63) is 0 Å². The van der Waals surface area contributed by atoms with Crippen molar-refractivity contribution in [2.75, 3.05) is 6.54 Å². The summed E-state index contributed by atoms with van der Waals surface area (Å²) in [6.07, 6.45) is -5.22. The number of hydrogen-bond donors (Lipinski definition) is 3. The number of halogens is 3. The Morgan fingerprint density at radius 2 is 1.84 bits per heavy atom. The van der Waals surface area contributed by atoms with E-state index in [2.05, 4.69) is 10.6 Å². The average molecular weight is 284 g/mol. The van der Waals surface area contributed by atoms with E-state index < -0.39 is 30.6 Å². The summed E-state index contributed by atoms with van der Waals surface area (Å²) in [6, 6.07) is -1.81. The molecule has 0 rings (SSSR count). The first kappa shape index (κ1) is 17.5. The highest BCUT2D eigenvalue weighted by molar-refractivity contribution is 5.82. The van der Waals surface area contributed by atoms with Gasteiger partial charge >= 0.3 is 18.2 Å². The molecule has 1 atom stereocenters. The molecule has 0 aliphatic carbocycles. The third kappa shape index (κ3) is 10.2. The second-order valence-electron chi connectivity index (χ2n) is 4.64. The van der Waals surface area contributed by atoms with E-state index in [1.54, 1.807) is 13.8 Å². The molecule has 0 unspecified atom stereocenters. The number of hydrogen-bond acceptors (Lipinski definition) is 2. The second-order valence-corrected chi connectivity index (χ2v) is 4.64. The Balaban J connectivity index is 3.97. The highest BCUT2D eigenvalue weighted by Gasteiger charge is 2.26. The lowest BCUT2D eigenvalue weighted by Crippen LogP contribution is -2.46. The Bertz CT molecular complexity index is 306. The maximum absolute atomic E-state index is 11.8. The molecule has 112 valence electrons. The normalized spacial score (nSPS) is 13.2. The van der Waals surface area contributed by atoms with Gasteiger partial charge in [0.05, 0.1) is 0 Å². The molecular weight excluding hydrogens is 265 g/mol. The summed E-state index contributed by atoms with van der Waals surface area (Å²) < 4.78 is 35.5. The van der Waals surface area contributed by atoms with Crippen molar-refractivity contribution >= 4 is 12.0 Å². The number of aliphatic carboxylic acids is 1. The minimum Gasteiger partial charge on any atom is -0.480 e. The van der Waals surface area contributed by atoms with Gasteiger partial charge in [0.1, 0.15) is 6.04 Å². The Kier molecular flexibility index (Phi) is 7.25. The summed E-state index contributed by atoms with van der Waals surface area (Å²) in [5.41, 5.74) is 0. The Morgan fingerprint density at radius 1 is 1.26 bits per heavy atom. The van der Waals surface area contributed by atoms with Crippen LogP contribution in [0.15, 0.2) is 0 Å². The van der Waals surface area contributed by atoms with Gasteiger partial charge in [0.2, 0.25) is 0 Å². The highest BCUT2D eigenvalue weighted by Crippen LogP contribution is 2.20. The van der Waals surface area contributed by atoms with Crippen LogP contribution in [0.4, 0.5) is 18.0 Å². The van der Waals surface area contributed by atoms with Crippen LogP contribution in [0.1, 0.15) is 33.1 Å². The number of carbonyl (C=O) groups is 2. The molecule has 0 aromatic heterocycles. The van der Waals surface area contributed by atoms with Gasteiger partial charge in [-0.25, -0.2) is 9.59 Å². The van der Waals surface area contributed by atoms with E-state index in [9.17, 15) is 22.8 Å². The largest absolute Gasteiger partial charge is 0.480 e. The zero-order chi connectivity index (χ0) is 15.1. The molecule has 0 fully saturated rings. The molecular formula is C11H19F3N2O3. The molecule has 0 spiro atoms. The third-order valence-electron chi connectivity index (χ3n) is 2.23. The van der Waals surface area contributed by atoms with Crippen molar-refractivity contribution in [3.63, 3.8) is 0 Å². The van der Waals surface area contributed by atoms with Crippen molar-refractivity contribution < 1.29 is 27.9 Å². The average Bonchev–Trinajstić information content (AvgIpc) is 2.21. The zero-order valence-electron chi connectivity index (χ0n) is 10.9. The lowest BCUT2D eigenvalue weighted by Gasteiger charge is -2.17. The fourth-order valence-corrected chi connectivity index (χ4v) is 1.39. The molecule has 0 aliphatic heterocycles. The summed E-state index contributed by atoms with van der Waals surface area (Å²) in [6.45, 7) is 3.46. The molecule has 0 saturated heterocycles. The smallest absolute Gasteiger partial charge is 0.389 e. The fourth-order valence-electron chi connectivity index (χ4n) is 1.39. The monoisotopic (exact) mass is 284 g/mol. The number of urea groups is 1. The number of carbonyl (C=O) groups excluding carboxylic acids is 1. The molecule has 3 N–H and O–H groups in total. The minimum absolute atomic E-state index is 0.0756. The molecule has 0 bridgehead atoms. The number of rotatable bonds is 7. The summed E-state index contributed by atoms with van der Waals surface area (Å²) in [5.74, 6) is -1.09. The Morgan fingerprint density at radius 3 is 2.26 bits per heavy atom. The molecule has 0 saturated carbocycles. The van der Waals surface area contributed by atoms with Gasteiger partial charge in [0, 0.05) is 13.0 Å². The molecule has 5 nitrogen and oxygen atoms in total. The maximum atomic E-state index is 11.8. The quantitative estimate of drug-likeness (QED) is 0.627. The van der Waals surface area contributed by atoms with Crippen LogP contribution in [0.2, 0.25) is 0 Å². The molecule has 0 aromatic carbocycles. The van der Waals surface area contributed by atoms with Crippen molar-refractivity contribution in [1.82, 2.24) is 10.6 Å². The minimum atomic E-state index is -4.25. The zero-order valence-corrected chi connectivity index (χ0v) is 10.9. The van der Waals surface area contributed by atoms with Crippen LogP contribution in [0.25, 0.3) is 0 Å². The topological polar surface area (TPSA) is 78.4 Å². The predicted octanol–water partition coefficient (Wildman–Crippen LogP) is 2.13. The van der Waals surface area contributed by atoms with Gasteiger partial charge in [-0.15, -0.1) is 0 Å². The summed E-state index contributed by atoms with van der Waals surface area (Å²) in [4.78, 5) is 22.1. The first-order valence-electron chi connectivity index (χ1n) is 5.95. The number of alkyl halides is 3. The van der Waals surface area contributed by atoms with E-state index in [0.29, 0.717) is 0 Å². The third-order valence-corrected chi connectivity index (χ3v) is 2.23. The lowest BCUT2D eigenvalue weighted by molar-refractivity contribution is -0.139. The Hall–Kier alpha value is -1.47. The number of nitrogens with one attached hydrogen (secondary N) is 2. The van der Waals surface area contributed by atoms with Gasteiger partial charge in [-0.2, -0.15) is 13.2 Å². The van der Waals surface area contributed by atoms with Crippen molar-refractivity contribution in [2.45, 2.75) is 45.3 Å². The Labute approximate surface area is 109 Å². The molecule has 0 aliphatic rings. The van der Waals surface area contributed by atoms with E-state index in [-0.39, 0.29) is 25.3 Å². The molecule has 19 heavy (non-hydrogen) atoms. The van der Waals surface area contributed by atoms with Crippen molar-refractivity contribution in [2.24, 2.45) is 5.92 Å². The van der Waals surface area contributed by atoms with Crippen molar-refractivity contribution in [3.8, 4) is 0 Å². The van der Waals surface area contributed by atoms with Gasteiger partial charge in [-0.3, -0.25) is 0 Å². The number of amides is 2. The van der Waals surface area contributed by atoms with Gasteiger partial charge in [-0.05, 0) is 18.8 Å². The predicted molar refractivity (Wildman–Crippen MR) is 62.7 cm³/mol. The molecule has 0 radical (unpaired) electrons. The van der Waals surface area contributed by atoms with Crippen LogP contribution in [-0.4, -0.2) is 35.9 Å². The maximum Gasteiger partial charge on any atom is 0.389 e. The van der Waals surface area contributed by atoms with Crippen LogP contribution in [0.5, 0.6) is 0 Å². The summed E-state index contributed by atoms with van der Waals surface area (Å²) in [7, 11) is 0. The molecule has 0 heterocycles.